The number of thiazole rings is 3. The third-order valence-electron chi connectivity index (χ3n) is 6.39. The highest BCUT2D eigenvalue weighted by molar-refractivity contribution is 7.10. The summed E-state index contributed by atoms with van der Waals surface area (Å²) in [5, 5.41) is 8.78. The molecule has 4 rings (SSSR count). The molecule has 4 aromatic heterocycles. The van der Waals surface area contributed by atoms with Crippen LogP contribution < -0.4 is 0 Å². The predicted octanol–water partition coefficient (Wildman–Crippen LogP) is 13.1. The van der Waals surface area contributed by atoms with Gasteiger partial charge in [-0.25, -0.2) is 19.9 Å². The standard InChI is InChI=1S/C9H14FNS.2C9H15NS.C8H14N2S/c1-5(2)7-8(10)12-9(11-7)6(3)4;2*1-6(2)8-5-11-9(10-8)7(3)4;1-5(2)7-9-8(6(3)4)11-10-7/h5-6H,1-4H3;2*5-7H,1-4H3;5-6H,1-4H3. The minimum Gasteiger partial charge on any atom is -0.246 e. The summed E-state index contributed by atoms with van der Waals surface area (Å²) >= 11 is 6.25. The van der Waals surface area contributed by atoms with E-state index in [1.807, 2.05) is 27.7 Å². The van der Waals surface area contributed by atoms with E-state index in [9.17, 15) is 4.39 Å². The van der Waals surface area contributed by atoms with E-state index in [1.54, 1.807) is 22.7 Å². The quantitative estimate of drug-likeness (QED) is 0.184. The van der Waals surface area contributed by atoms with Crippen LogP contribution in [0, 0.1) is 5.13 Å². The molecular weight excluding hydrogens is 638 g/mol. The van der Waals surface area contributed by atoms with Crippen molar-refractivity contribution in [3.63, 3.8) is 0 Å². The first kappa shape index (κ1) is 41.4. The zero-order chi connectivity index (χ0) is 34.6. The molecule has 0 fully saturated rings. The smallest absolute Gasteiger partial charge is 0.199 e. The van der Waals surface area contributed by atoms with E-state index >= 15 is 0 Å². The van der Waals surface area contributed by atoms with Gasteiger partial charge in [0.2, 0.25) is 0 Å². The second-order valence-corrected chi connectivity index (χ2v) is 17.2. The predicted molar refractivity (Wildman–Crippen MR) is 199 cm³/mol. The van der Waals surface area contributed by atoms with E-state index in [2.05, 4.69) is 118 Å². The molecule has 0 saturated carbocycles. The highest BCUT2D eigenvalue weighted by Gasteiger charge is 2.15. The monoisotopic (exact) mass is 695 g/mol. The average Bonchev–Trinajstić information content (AvgIpc) is 3.75. The normalized spacial score (nSPS) is 11.5. The van der Waals surface area contributed by atoms with Crippen molar-refractivity contribution in [3.8, 4) is 0 Å². The fraction of sp³-hybridized carbons (Fsp3) is 0.686. The van der Waals surface area contributed by atoms with Crippen molar-refractivity contribution in [2.24, 2.45) is 0 Å². The van der Waals surface area contributed by atoms with Gasteiger partial charge in [-0.1, -0.05) is 122 Å². The van der Waals surface area contributed by atoms with E-state index in [0.717, 1.165) is 15.8 Å². The van der Waals surface area contributed by atoms with Gasteiger partial charge in [-0.15, -0.1) is 22.7 Å². The van der Waals surface area contributed by atoms with Crippen molar-refractivity contribution in [1.29, 1.82) is 0 Å². The number of hydrogen-bond donors (Lipinski definition) is 0. The Hall–Kier alpha value is -1.62. The van der Waals surface area contributed by atoms with Crippen LogP contribution in [-0.2, 0) is 0 Å². The fourth-order valence-corrected chi connectivity index (χ4v) is 7.04. The lowest BCUT2D eigenvalue weighted by Crippen LogP contribution is -1.92. The largest absolute Gasteiger partial charge is 0.246 e. The van der Waals surface area contributed by atoms with Crippen molar-refractivity contribution >= 4 is 45.5 Å². The Morgan fingerprint density at radius 2 is 0.889 bits per heavy atom. The molecule has 0 atom stereocenters. The summed E-state index contributed by atoms with van der Waals surface area (Å²) in [6.07, 6.45) is 0. The zero-order valence-electron chi connectivity index (χ0n) is 30.5. The molecule has 254 valence electrons. The van der Waals surface area contributed by atoms with Crippen molar-refractivity contribution in [2.75, 3.05) is 0 Å². The van der Waals surface area contributed by atoms with Gasteiger partial charge >= 0.3 is 0 Å². The lowest BCUT2D eigenvalue weighted by atomic mass is 10.1. The number of halogens is 1. The van der Waals surface area contributed by atoms with Crippen LogP contribution in [-0.4, -0.2) is 24.3 Å². The average molecular weight is 696 g/mol. The minimum atomic E-state index is -0.117. The molecule has 0 spiro atoms. The molecule has 5 nitrogen and oxygen atoms in total. The Bertz CT molecular complexity index is 1170. The molecule has 10 heteroatoms. The maximum Gasteiger partial charge on any atom is 0.199 e. The van der Waals surface area contributed by atoms with Gasteiger partial charge in [0, 0.05) is 40.3 Å². The molecule has 0 unspecified atom stereocenters. The van der Waals surface area contributed by atoms with Crippen LogP contribution in [0.3, 0.4) is 0 Å². The highest BCUT2D eigenvalue weighted by Crippen LogP contribution is 2.28. The molecule has 4 aromatic rings. The van der Waals surface area contributed by atoms with Gasteiger partial charge in [0.25, 0.3) is 0 Å². The second kappa shape index (κ2) is 19.9. The lowest BCUT2D eigenvalue weighted by molar-refractivity contribution is 0.616. The summed E-state index contributed by atoms with van der Waals surface area (Å²) in [5.41, 5.74) is 3.08. The summed E-state index contributed by atoms with van der Waals surface area (Å²) in [6.45, 7) is 34.0. The molecule has 0 aromatic carbocycles. The molecule has 0 saturated heterocycles. The van der Waals surface area contributed by atoms with Crippen LogP contribution >= 0.6 is 45.5 Å². The Balaban J connectivity index is 0.000000300. The van der Waals surface area contributed by atoms with Gasteiger partial charge in [0.1, 0.15) is 10.8 Å². The summed E-state index contributed by atoms with van der Waals surface area (Å²) < 4.78 is 17.4. The number of rotatable bonds is 8. The number of aromatic nitrogens is 5. The Labute approximate surface area is 289 Å². The van der Waals surface area contributed by atoms with Gasteiger partial charge in [-0.3, -0.25) is 0 Å². The van der Waals surface area contributed by atoms with Gasteiger partial charge in [-0.05, 0) is 29.3 Å². The third kappa shape index (κ3) is 14.4. The van der Waals surface area contributed by atoms with Crippen LogP contribution in [0.1, 0.15) is 201 Å². The molecule has 45 heavy (non-hydrogen) atoms. The summed E-state index contributed by atoms with van der Waals surface area (Å²) in [7, 11) is 0. The first-order valence-electron chi connectivity index (χ1n) is 16.3. The maximum atomic E-state index is 13.2. The summed E-state index contributed by atoms with van der Waals surface area (Å²) in [5.74, 6) is 4.76. The van der Waals surface area contributed by atoms with Crippen LogP contribution in [0.25, 0.3) is 0 Å². The van der Waals surface area contributed by atoms with Crippen molar-refractivity contribution in [1.82, 2.24) is 24.3 Å². The topological polar surface area (TPSA) is 64.5 Å². The lowest BCUT2D eigenvalue weighted by Gasteiger charge is -1.99. The van der Waals surface area contributed by atoms with Crippen molar-refractivity contribution in [3.05, 3.63) is 58.8 Å². The van der Waals surface area contributed by atoms with Gasteiger partial charge < -0.3 is 0 Å². The number of hydrogen-bond acceptors (Lipinski definition) is 9. The van der Waals surface area contributed by atoms with Gasteiger partial charge in [-0.2, -0.15) is 8.76 Å². The zero-order valence-corrected chi connectivity index (χ0v) is 33.8. The molecule has 0 aliphatic carbocycles. The molecule has 0 bridgehead atoms. The van der Waals surface area contributed by atoms with Crippen LogP contribution in [0.5, 0.6) is 0 Å². The Morgan fingerprint density at radius 1 is 0.467 bits per heavy atom. The molecule has 4 heterocycles. The fourth-order valence-electron chi connectivity index (χ4n) is 3.31. The van der Waals surface area contributed by atoms with Gasteiger partial charge in [0.15, 0.2) is 5.13 Å². The first-order chi connectivity index (χ1) is 20.8. The minimum absolute atomic E-state index is 0.117. The summed E-state index contributed by atoms with van der Waals surface area (Å²) in [4.78, 5) is 17.7. The van der Waals surface area contributed by atoms with E-state index in [1.165, 1.54) is 44.3 Å². The summed E-state index contributed by atoms with van der Waals surface area (Å²) in [6, 6.07) is 0. The molecule has 0 aliphatic heterocycles. The molecular formula is C35H58FN5S4. The van der Waals surface area contributed by atoms with E-state index in [-0.39, 0.29) is 11.0 Å². The van der Waals surface area contributed by atoms with Gasteiger partial charge in [0.05, 0.1) is 32.1 Å². The SMILES string of the molecule is CC(C)c1csc(C(C)C)n1.CC(C)c1csc(C(C)C)n1.CC(C)c1nc(C(C)C)c(F)s1.CC(C)c1nsc(C(C)C)n1. The highest BCUT2D eigenvalue weighted by atomic mass is 32.1. The maximum absolute atomic E-state index is 13.2. The first-order valence-corrected chi connectivity index (χ1v) is 19.6. The Kier molecular flexibility index (Phi) is 18.3. The van der Waals surface area contributed by atoms with Crippen LogP contribution in [0.2, 0.25) is 0 Å². The third-order valence-corrected chi connectivity index (χ3v) is 10.9. The molecule has 0 N–H and O–H groups in total. The van der Waals surface area contributed by atoms with E-state index in [4.69, 9.17) is 0 Å². The van der Waals surface area contributed by atoms with E-state index in [0.29, 0.717) is 47.1 Å². The molecule has 0 radical (unpaired) electrons. The van der Waals surface area contributed by atoms with Crippen LogP contribution in [0.15, 0.2) is 10.8 Å². The number of nitrogens with zero attached hydrogens (tertiary/aromatic N) is 5. The van der Waals surface area contributed by atoms with Crippen molar-refractivity contribution < 1.29 is 4.39 Å². The molecule has 0 aliphatic rings. The second-order valence-electron chi connectivity index (χ2n) is 13.7. The molecule has 0 amide bonds. The van der Waals surface area contributed by atoms with Crippen LogP contribution in [0.4, 0.5) is 4.39 Å². The van der Waals surface area contributed by atoms with Crippen molar-refractivity contribution in [2.45, 2.75) is 158 Å². The van der Waals surface area contributed by atoms with E-state index < -0.39 is 0 Å². The Morgan fingerprint density at radius 3 is 1.09 bits per heavy atom.